The van der Waals surface area contributed by atoms with E-state index in [9.17, 15) is 22.4 Å². The van der Waals surface area contributed by atoms with Gasteiger partial charge in [0.15, 0.2) is 0 Å². The average Bonchev–Trinajstić information content (AvgIpc) is 3.22. The van der Waals surface area contributed by atoms with Gasteiger partial charge in [0.05, 0.1) is 0 Å². The number of hydrogen-bond donors (Lipinski definition) is 3. The second kappa shape index (κ2) is 10.6. The molecule has 0 spiro atoms. The number of benzene rings is 2. The van der Waals surface area contributed by atoms with Crippen molar-refractivity contribution in [2.45, 2.75) is 51.2 Å². The lowest BCUT2D eigenvalue weighted by Gasteiger charge is -2.25. The van der Waals surface area contributed by atoms with Crippen LogP contribution < -0.4 is 15.4 Å². The SMILES string of the molecule is CC(C)(C)NS(=O)(=O)N1CC[C@@H](NC(=O)[C@H](Cc2ccccc2)NC(=O)c2ccc(F)cc2)C1. The molecule has 0 unspecified atom stereocenters. The molecule has 184 valence electrons. The van der Waals surface area contributed by atoms with E-state index in [-0.39, 0.29) is 31.1 Å². The molecular formula is C24H31FN4O4S. The number of hydrogen-bond acceptors (Lipinski definition) is 4. The second-order valence-corrected chi connectivity index (χ2v) is 11.1. The summed E-state index contributed by atoms with van der Waals surface area (Å²) < 4.78 is 42.3. The van der Waals surface area contributed by atoms with E-state index in [2.05, 4.69) is 15.4 Å². The van der Waals surface area contributed by atoms with E-state index in [1.54, 1.807) is 20.8 Å². The Bertz CT molecular complexity index is 1100. The zero-order valence-electron chi connectivity index (χ0n) is 19.5. The van der Waals surface area contributed by atoms with Crippen molar-refractivity contribution in [1.29, 1.82) is 0 Å². The molecule has 0 saturated carbocycles. The molecule has 34 heavy (non-hydrogen) atoms. The molecule has 0 bridgehead atoms. The Labute approximate surface area is 200 Å². The lowest BCUT2D eigenvalue weighted by atomic mass is 10.0. The van der Waals surface area contributed by atoms with Crippen LogP contribution in [0.3, 0.4) is 0 Å². The standard InChI is InChI=1S/C24H31FN4O4S/c1-24(2,3)28-34(32,33)29-14-13-20(16-29)26-23(31)21(15-17-7-5-4-6-8-17)27-22(30)18-9-11-19(25)12-10-18/h4-12,20-21,28H,13-16H2,1-3H3,(H,26,31)(H,27,30)/t20-,21+/m1/s1. The van der Waals surface area contributed by atoms with Gasteiger partial charge >= 0.3 is 0 Å². The van der Waals surface area contributed by atoms with E-state index in [1.165, 1.54) is 28.6 Å². The highest BCUT2D eigenvalue weighted by atomic mass is 32.2. The molecule has 1 aliphatic rings. The van der Waals surface area contributed by atoms with E-state index in [0.29, 0.717) is 6.42 Å². The van der Waals surface area contributed by atoms with Crippen molar-refractivity contribution >= 4 is 22.0 Å². The van der Waals surface area contributed by atoms with Gasteiger partial charge in [0.2, 0.25) is 5.91 Å². The van der Waals surface area contributed by atoms with Crippen LogP contribution in [0, 0.1) is 5.82 Å². The lowest BCUT2D eigenvalue weighted by molar-refractivity contribution is -0.123. The number of carbonyl (C=O) groups is 2. The fourth-order valence-corrected chi connectivity index (χ4v) is 5.34. The van der Waals surface area contributed by atoms with E-state index in [1.807, 2.05) is 30.3 Å². The van der Waals surface area contributed by atoms with Crippen LogP contribution in [-0.2, 0) is 21.4 Å². The minimum Gasteiger partial charge on any atom is -0.350 e. The number of halogens is 1. The first kappa shape index (κ1) is 25.8. The second-order valence-electron chi connectivity index (χ2n) is 9.43. The lowest BCUT2D eigenvalue weighted by Crippen LogP contribution is -2.52. The summed E-state index contributed by atoms with van der Waals surface area (Å²) in [6.07, 6.45) is 0.709. The quantitative estimate of drug-likeness (QED) is 0.526. The van der Waals surface area contributed by atoms with Gasteiger partial charge in [-0.05, 0) is 57.0 Å². The Morgan fingerprint density at radius 2 is 1.74 bits per heavy atom. The molecule has 1 heterocycles. The number of carbonyl (C=O) groups excluding carboxylic acids is 2. The molecule has 3 N–H and O–H groups in total. The maximum Gasteiger partial charge on any atom is 0.279 e. The summed E-state index contributed by atoms with van der Waals surface area (Å²) in [7, 11) is -3.68. The molecule has 0 aromatic heterocycles. The summed E-state index contributed by atoms with van der Waals surface area (Å²) in [6, 6.07) is 13.0. The maximum absolute atomic E-state index is 13.2. The van der Waals surface area contributed by atoms with Crippen LogP contribution in [0.4, 0.5) is 4.39 Å². The summed E-state index contributed by atoms with van der Waals surface area (Å²) in [5, 5.41) is 5.61. The Morgan fingerprint density at radius 3 is 2.35 bits per heavy atom. The zero-order chi connectivity index (χ0) is 24.9. The van der Waals surface area contributed by atoms with Crippen molar-refractivity contribution in [1.82, 2.24) is 19.7 Å². The van der Waals surface area contributed by atoms with Crippen molar-refractivity contribution in [3.63, 3.8) is 0 Å². The largest absolute Gasteiger partial charge is 0.350 e. The van der Waals surface area contributed by atoms with Gasteiger partial charge in [-0.15, -0.1) is 0 Å². The van der Waals surface area contributed by atoms with Crippen molar-refractivity contribution in [2.24, 2.45) is 0 Å². The topological polar surface area (TPSA) is 108 Å². The first-order valence-electron chi connectivity index (χ1n) is 11.1. The fourth-order valence-electron chi connectivity index (χ4n) is 3.72. The highest BCUT2D eigenvalue weighted by Gasteiger charge is 2.35. The number of rotatable bonds is 8. The molecule has 1 fully saturated rings. The van der Waals surface area contributed by atoms with Crippen LogP contribution in [0.5, 0.6) is 0 Å². The molecule has 1 aliphatic heterocycles. The smallest absolute Gasteiger partial charge is 0.279 e. The van der Waals surface area contributed by atoms with Crippen molar-refractivity contribution in [3.05, 3.63) is 71.5 Å². The molecule has 3 rings (SSSR count). The van der Waals surface area contributed by atoms with E-state index in [0.717, 1.165) is 5.56 Å². The third-order valence-electron chi connectivity index (χ3n) is 5.28. The van der Waals surface area contributed by atoms with Gasteiger partial charge in [0.1, 0.15) is 11.9 Å². The van der Waals surface area contributed by atoms with E-state index >= 15 is 0 Å². The predicted octanol–water partition coefficient (Wildman–Crippen LogP) is 1.99. The first-order valence-corrected chi connectivity index (χ1v) is 12.6. The molecule has 0 aliphatic carbocycles. The molecular weight excluding hydrogens is 459 g/mol. The van der Waals surface area contributed by atoms with Gasteiger partial charge in [-0.1, -0.05) is 30.3 Å². The van der Waals surface area contributed by atoms with Gasteiger partial charge in [-0.3, -0.25) is 9.59 Å². The molecule has 10 heteroatoms. The van der Waals surface area contributed by atoms with Crippen LogP contribution >= 0.6 is 0 Å². The molecule has 8 nitrogen and oxygen atoms in total. The molecule has 2 aromatic rings. The predicted molar refractivity (Wildman–Crippen MR) is 128 cm³/mol. The summed E-state index contributed by atoms with van der Waals surface area (Å²) in [4.78, 5) is 25.8. The third kappa shape index (κ3) is 7.34. The van der Waals surface area contributed by atoms with Crippen molar-refractivity contribution in [2.75, 3.05) is 13.1 Å². The number of nitrogens with zero attached hydrogens (tertiary/aromatic N) is 1. The Morgan fingerprint density at radius 1 is 1.09 bits per heavy atom. The summed E-state index contributed by atoms with van der Waals surface area (Å²) in [5.74, 6) is -1.37. The highest BCUT2D eigenvalue weighted by Crippen LogP contribution is 2.16. The van der Waals surface area contributed by atoms with Gasteiger partial charge in [0, 0.05) is 36.7 Å². The average molecular weight is 491 g/mol. The van der Waals surface area contributed by atoms with Gasteiger partial charge in [-0.25, -0.2) is 4.39 Å². The summed E-state index contributed by atoms with van der Waals surface area (Å²) >= 11 is 0. The number of nitrogens with one attached hydrogen (secondary N) is 3. The van der Waals surface area contributed by atoms with Crippen molar-refractivity contribution < 1.29 is 22.4 Å². The van der Waals surface area contributed by atoms with Gasteiger partial charge in [-0.2, -0.15) is 17.4 Å². The Hall–Kier alpha value is -2.82. The maximum atomic E-state index is 13.2. The molecule has 2 aromatic carbocycles. The zero-order valence-corrected chi connectivity index (χ0v) is 20.4. The monoisotopic (exact) mass is 490 g/mol. The Balaban J connectivity index is 1.69. The van der Waals surface area contributed by atoms with E-state index in [4.69, 9.17) is 0 Å². The minimum atomic E-state index is -3.68. The third-order valence-corrected chi connectivity index (χ3v) is 7.17. The molecule has 1 saturated heterocycles. The fraction of sp³-hybridized carbons (Fsp3) is 0.417. The van der Waals surface area contributed by atoms with Gasteiger partial charge < -0.3 is 10.6 Å². The van der Waals surface area contributed by atoms with Crippen LogP contribution in [0.2, 0.25) is 0 Å². The molecule has 0 radical (unpaired) electrons. The van der Waals surface area contributed by atoms with Crippen LogP contribution in [-0.4, -0.2) is 55.2 Å². The Kier molecular flexibility index (Phi) is 8.06. The molecule has 2 atom stereocenters. The van der Waals surface area contributed by atoms with Crippen LogP contribution in [0.25, 0.3) is 0 Å². The van der Waals surface area contributed by atoms with Gasteiger partial charge in [0.25, 0.3) is 16.1 Å². The summed E-state index contributed by atoms with van der Waals surface area (Å²) in [6.45, 7) is 5.70. The van der Waals surface area contributed by atoms with Crippen LogP contribution in [0.1, 0.15) is 43.1 Å². The first-order chi connectivity index (χ1) is 15.9. The van der Waals surface area contributed by atoms with Crippen LogP contribution in [0.15, 0.2) is 54.6 Å². The normalized spacial score (nSPS) is 17.8. The molecule has 2 amide bonds. The van der Waals surface area contributed by atoms with E-state index < -0.39 is 39.4 Å². The number of amides is 2. The van der Waals surface area contributed by atoms with Crippen molar-refractivity contribution in [3.8, 4) is 0 Å². The highest BCUT2D eigenvalue weighted by molar-refractivity contribution is 7.87. The minimum absolute atomic E-state index is 0.140. The summed E-state index contributed by atoms with van der Waals surface area (Å²) in [5.41, 5.74) is 0.469.